The van der Waals surface area contributed by atoms with Crippen LogP contribution in [0.4, 0.5) is 0 Å². The van der Waals surface area contributed by atoms with Gasteiger partial charge in [0.2, 0.25) is 0 Å². The van der Waals surface area contributed by atoms with Crippen molar-refractivity contribution in [3.8, 4) is 0 Å². The second kappa shape index (κ2) is 4.77. The molecule has 0 bridgehead atoms. The molecule has 1 saturated heterocycles. The summed E-state index contributed by atoms with van der Waals surface area (Å²) >= 11 is 1.80. The molecule has 0 amide bonds. The van der Waals surface area contributed by atoms with Crippen LogP contribution < -0.4 is 0 Å². The lowest BCUT2D eigenvalue weighted by molar-refractivity contribution is 0.433. The van der Waals surface area contributed by atoms with Gasteiger partial charge in [-0.1, -0.05) is 0 Å². The Labute approximate surface area is 99.7 Å². The molecule has 16 heavy (non-hydrogen) atoms. The smallest absolute Gasteiger partial charge is 0.260 e. The summed E-state index contributed by atoms with van der Waals surface area (Å²) in [7, 11) is -3.36. The molecule has 1 aromatic rings. The molecule has 7 heteroatoms. The normalized spacial score (nSPS) is 19.6. The Morgan fingerprint density at radius 2 is 2.25 bits per heavy atom. The number of hydrogen-bond acceptors (Lipinski definition) is 4. The van der Waals surface area contributed by atoms with Crippen molar-refractivity contribution in [3.05, 3.63) is 12.0 Å². The van der Waals surface area contributed by atoms with Crippen LogP contribution in [0.25, 0.3) is 0 Å². The largest absolute Gasteiger partial charge is 0.332 e. The van der Waals surface area contributed by atoms with Gasteiger partial charge < -0.3 is 4.98 Å². The highest BCUT2D eigenvalue weighted by Crippen LogP contribution is 2.18. The first kappa shape index (κ1) is 11.9. The van der Waals surface area contributed by atoms with Crippen LogP contribution in [0.2, 0.25) is 0 Å². The topological polar surface area (TPSA) is 66.1 Å². The number of nitrogens with one attached hydrogen (secondary N) is 1. The lowest BCUT2D eigenvalue weighted by Crippen LogP contribution is -2.33. The predicted molar refractivity (Wildman–Crippen MR) is 64.0 cm³/mol. The summed E-state index contributed by atoms with van der Waals surface area (Å²) in [5.74, 6) is 2.53. The molecule has 2 heterocycles. The number of H-pyrrole nitrogens is 1. The molecule has 0 unspecified atom stereocenters. The van der Waals surface area contributed by atoms with Crippen LogP contribution in [0.5, 0.6) is 0 Å². The van der Waals surface area contributed by atoms with E-state index in [0.717, 1.165) is 17.9 Å². The molecule has 0 spiro atoms. The molecular formula is C9H15N3O2S2. The third-order valence-corrected chi connectivity index (χ3v) is 5.34. The Morgan fingerprint density at radius 3 is 2.94 bits per heavy atom. The van der Waals surface area contributed by atoms with Gasteiger partial charge in [-0.25, -0.2) is 13.4 Å². The van der Waals surface area contributed by atoms with Crippen molar-refractivity contribution in [2.45, 2.75) is 18.4 Å². The highest BCUT2D eigenvalue weighted by Gasteiger charge is 2.26. The zero-order valence-corrected chi connectivity index (χ0v) is 10.8. The number of thioether (sulfide) groups is 1. The molecule has 0 saturated carbocycles. The second-order valence-electron chi connectivity index (χ2n) is 3.70. The average molecular weight is 261 g/mol. The minimum Gasteiger partial charge on any atom is -0.332 e. The summed E-state index contributed by atoms with van der Waals surface area (Å²) < 4.78 is 25.9. The number of aryl methyl sites for hydroxylation is 1. The quantitative estimate of drug-likeness (QED) is 0.857. The summed E-state index contributed by atoms with van der Waals surface area (Å²) in [6.07, 6.45) is 2.31. The third-order valence-electron chi connectivity index (χ3n) is 2.48. The molecule has 1 aromatic heterocycles. The van der Waals surface area contributed by atoms with E-state index in [1.54, 1.807) is 23.0 Å². The molecule has 2 rings (SSSR count). The summed E-state index contributed by atoms with van der Waals surface area (Å²) in [4.78, 5) is 6.72. The third kappa shape index (κ3) is 2.41. The molecule has 1 aliphatic heterocycles. The van der Waals surface area contributed by atoms with Crippen LogP contribution in [-0.4, -0.2) is 47.3 Å². The van der Waals surface area contributed by atoms with Gasteiger partial charge in [0.1, 0.15) is 5.82 Å². The van der Waals surface area contributed by atoms with E-state index in [4.69, 9.17) is 0 Å². The zero-order valence-electron chi connectivity index (χ0n) is 9.14. The van der Waals surface area contributed by atoms with E-state index in [0.29, 0.717) is 18.9 Å². The SMILES string of the molecule is Cc1ncc(S(=O)(=O)N2CCCSCC2)[nH]1. The monoisotopic (exact) mass is 261 g/mol. The number of aromatic nitrogens is 2. The van der Waals surface area contributed by atoms with E-state index >= 15 is 0 Å². The van der Waals surface area contributed by atoms with Crippen molar-refractivity contribution < 1.29 is 8.42 Å². The second-order valence-corrected chi connectivity index (χ2v) is 6.83. The van der Waals surface area contributed by atoms with Crippen molar-refractivity contribution in [2.75, 3.05) is 24.6 Å². The van der Waals surface area contributed by atoms with E-state index in [1.165, 1.54) is 6.20 Å². The number of rotatable bonds is 2. The fourth-order valence-corrected chi connectivity index (χ4v) is 4.08. The van der Waals surface area contributed by atoms with E-state index < -0.39 is 10.0 Å². The van der Waals surface area contributed by atoms with Gasteiger partial charge in [0.15, 0.2) is 5.03 Å². The Morgan fingerprint density at radius 1 is 1.44 bits per heavy atom. The maximum absolute atomic E-state index is 12.2. The standard InChI is InChI=1S/C9H15N3O2S2/c1-8-10-7-9(11-8)16(13,14)12-3-2-5-15-6-4-12/h7H,2-6H2,1H3,(H,10,11). The number of imidazole rings is 1. The molecule has 1 N–H and O–H groups in total. The van der Waals surface area contributed by atoms with Crippen molar-refractivity contribution >= 4 is 21.8 Å². The number of nitrogens with zero attached hydrogens (tertiary/aromatic N) is 2. The molecular weight excluding hydrogens is 246 g/mol. The van der Waals surface area contributed by atoms with Crippen LogP contribution >= 0.6 is 11.8 Å². The van der Waals surface area contributed by atoms with Gasteiger partial charge in [-0.15, -0.1) is 0 Å². The van der Waals surface area contributed by atoms with Crippen molar-refractivity contribution in [3.63, 3.8) is 0 Å². The predicted octanol–water partition coefficient (Wildman–Crippen LogP) is 0.846. The summed E-state index contributed by atoms with van der Waals surface area (Å²) in [6.45, 7) is 2.94. The van der Waals surface area contributed by atoms with E-state index in [2.05, 4.69) is 9.97 Å². The summed E-state index contributed by atoms with van der Waals surface area (Å²) in [6, 6.07) is 0. The minimum atomic E-state index is -3.36. The first-order chi connectivity index (χ1) is 7.60. The minimum absolute atomic E-state index is 0.205. The molecule has 0 aromatic carbocycles. The van der Waals surface area contributed by atoms with Crippen LogP contribution in [0.15, 0.2) is 11.2 Å². The summed E-state index contributed by atoms with van der Waals surface area (Å²) in [5.41, 5.74) is 0. The van der Waals surface area contributed by atoms with Gasteiger partial charge in [0.25, 0.3) is 10.0 Å². The Hall–Kier alpha value is -0.530. The molecule has 1 fully saturated rings. The Bertz CT molecular complexity index is 447. The number of aromatic amines is 1. The van der Waals surface area contributed by atoms with Gasteiger partial charge in [0.05, 0.1) is 6.20 Å². The van der Waals surface area contributed by atoms with Gasteiger partial charge in [-0.3, -0.25) is 0 Å². The first-order valence-electron chi connectivity index (χ1n) is 5.20. The highest BCUT2D eigenvalue weighted by atomic mass is 32.2. The highest BCUT2D eigenvalue weighted by molar-refractivity contribution is 7.99. The Balaban J connectivity index is 2.23. The fraction of sp³-hybridized carbons (Fsp3) is 0.667. The molecule has 5 nitrogen and oxygen atoms in total. The van der Waals surface area contributed by atoms with Gasteiger partial charge in [0, 0.05) is 18.8 Å². The number of hydrogen-bond donors (Lipinski definition) is 1. The van der Waals surface area contributed by atoms with E-state index in [1.807, 2.05) is 0 Å². The maximum atomic E-state index is 12.2. The van der Waals surface area contributed by atoms with E-state index in [9.17, 15) is 8.42 Å². The summed E-state index contributed by atoms with van der Waals surface area (Å²) in [5, 5.41) is 0.205. The van der Waals surface area contributed by atoms with Crippen molar-refractivity contribution in [1.29, 1.82) is 0 Å². The molecule has 0 radical (unpaired) electrons. The van der Waals surface area contributed by atoms with Crippen molar-refractivity contribution in [2.24, 2.45) is 0 Å². The van der Waals surface area contributed by atoms with E-state index in [-0.39, 0.29) is 5.03 Å². The molecule has 0 atom stereocenters. The van der Waals surface area contributed by atoms with Crippen LogP contribution in [0.3, 0.4) is 0 Å². The van der Waals surface area contributed by atoms with Gasteiger partial charge in [-0.05, 0) is 19.1 Å². The van der Waals surface area contributed by atoms with Gasteiger partial charge in [-0.2, -0.15) is 16.1 Å². The lowest BCUT2D eigenvalue weighted by Gasteiger charge is -2.18. The molecule has 90 valence electrons. The van der Waals surface area contributed by atoms with Crippen LogP contribution in [-0.2, 0) is 10.0 Å². The average Bonchev–Trinajstić information content (AvgIpc) is 2.54. The van der Waals surface area contributed by atoms with Crippen molar-refractivity contribution in [1.82, 2.24) is 14.3 Å². The number of sulfonamides is 1. The lowest BCUT2D eigenvalue weighted by atomic mass is 10.5. The molecule has 1 aliphatic rings. The Kier molecular flexibility index (Phi) is 3.56. The van der Waals surface area contributed by atoms with Gasteiger partial charge >= 0.3 is 0 Å². The molecule has 0 aliphatic carbocycles. The van der Waals surface area contributed by atoms with Crippen LogP contribution in [0, 0.1) is 6.92 Å². The first-order valence-corrected chi connectivity index (χ1v) is 7.80. The maximum Gasteiger partial charge on any atom is 0.260 e. The fourth-order valence-electron chi connectivity index (χ4n) is 1.63. The zero-order chi connectivity index (χ0) is 11.6. The van der Waals surface area contributed by atoms with Crippen LogP contribution in [0.1, 0.15) is 12.2 Å².